The first-order chi connectivity index (χ1) is 9.02. The minimum absolute atomic E-state index is 0.0111. The van der Waals surface area contributed by atoms with Gasteiger partial charge in [-0.25, -0.2) is 0 Å². The van der Waals surface area contributed by atoms with Crippen molar-refractivity contribution in [3.8, 4) is 5.75 Å². The van der Waals surface area contributed by atoms with Gasteiger partial charge < -0.3 is 21.4 Å². The molecule has 6 nitrogen and oxygen atoms in total. The van der Waals surface area contributed by atoms with Crippen LogP contribution in [0.2, 0.25) is 0 Å². The Morgan fingerprint density at radius 1 is 1.53 bits per heavy atom. The molecule has 1 unspecified atom stereocenters. The van der Waals surface area contributed by atoms with Gasteiger partial charge in [-0.1, -0.05) is 16.8 Å². The molecule has 0 aromatic heterocycles. The molecule has 1 aliphatic rings. The molecule has 6 heteroatoms. The number of amides is 1. The molecule has 19 heavy (non-hydrogen) atoms. The minimum Gasteiger partial charge on any atom is -0.507 e. The van der Waals surface area contributed by atoms with Crippen LogP contribution in [0.1, 0.15) is 28.8 Å². The van der Waals surface area contributed by atoms with Crippen molar-refractivity contribution in [2.24, 2.45) is 16.8 Å². The van der Waals surface area contributed by atoms with Gasteiger partial charge in [-0.15, -0.1) is 0 Å². The molecule has 1 atom stereocenters. The number of benzene rings is 1. The van der Waals surface area contributed by atoms with Crippen LogP contribution in [0.25, 0.3) is 0 Å². The highest BCUT2D eigenvalue weighted by molar-refractivity contribution is 6.00. The topological polar surface area (TPSA) is 108 Å². The molecule has 0 spiro atoms. The van der Waals surface area contributed by atoms with Crippen LogP contribution in [-0.2, 0) is 0 Å². The number of oxime groups is 1. The summed E-state index contributed by atoms with van der Waals surface area (Å²) in [5.41, 5.74) is 6.64. The summed E-state index contributed by atoms with van der Waals surface area (Å²) in [6.45, 7) is 1.83. The molecule has 1 aromatic rings. The van der Waals surface area contributed by atoms with Crippen molar-refractivity contribution < 1.29 is 15.1 Å². The lowest BCUT2D eigenvalue weighted by molar-refractivity contribution is 0.0940. The third-order valence-corrected chi connectivity index (χ3v) is 3.21. The number of hydrogen-bond acceptors (Lipinski definition) is 4. The second-order valence-corrected chi connectivity index (χ2v) is 4.83. The van der Waals surface area contributed by atoms with Crippen molar-refractivity contribution in [3.05, 3.63) is 29.3 Å². The quantitative estimate of drug-likeness (QED) is 0.281. The Kier molecular flexibility index (Phi) is 3.59. The smallest absolute Gasteiger partial charge is 0.255 e. The summed E-state index contributed by atoms with van der Waals surface area (Å²) >= 11 is 0. The monoisotopic (exact) mass is 263 g/mol. The first kappa shape index (κ1) is 13.2. The zero-order valence-corrected chi connectivity index (χ0v) is 10.6. The zero-order chi connectivity index (χ0) is 14.0. The van der Waals surface area contributed by atoms with Crippen molar-refractivity contribution in [1.82, 2.24) is 5.32 Å². The van der Waals surface area contributed by atoms with Crippen LogP contribution >= 0.6 is 0 Å². The van der Waals surface area contributed by atoms with E-state index in [0.717, 1.165) is 18.4 Å². The Labute approximate surface area is 110 Å². The summed E-state index contributed by atoms with van der Waals surface area (Å²) in [7, 11) is 0. The maximum absolute atomic E-state index is 12.1. The summed E-state index contributed by atoms with van der Waals surface area (Å²) in [6.07, 6.45) is 1.86. The van der Waals surface area contributed by atoms with Crippen molar-refractivity contribution in [1.29, 1.82) is 0 Å². The number of nitrogens with one attached hydrogen (secondary N) is 1. The van der Waals surface area contributed by atoms with E-state index in [1.807, 2.05) is 6.92 Å². The zero-order valence-electron chi connectivity index (χ0n) is 10.6. The maximum atomic E-state index is 12.1. The third kappa shape index (κ3) is 2.96. The van der Waals surface area contributed by atoms with Gasteiger partial charge in [0.1, 0.15) is 5.75 Å². The molecule has 0 aliphatic heterocycles. The number of rotatable bonds is 4. The lowest BCUT2D eigenvalue weighted by Crippen LogP contribution is -2.46. The Morgan fingerprint density at radius 3 is 2.79 bits per heavy atom. The Morgan fingerprint density at radius 2 is 2.21 bits per heavy atom. The number of carbonyl (C=O) groups is 1. The molecule has 0 saturated heterocycles. The molecular formula is C13H17N3O3. The number of aryl methyl sites for hydroxylation is 1. The minimum atomic E-state index is -0.489. The number of aromatic hydroxyl groups is 1. The number of phenols is 1. The number of hydrogen-bond donors (Lipinski definition) is 4. The number of amidine groups is 1. The lowest BCUT2D eigenvalue weighted by Gasteiger charge is -2.17. The van der Waals surface area contributed by atoms with E-state index in [9.17, 15) is 9.90 Å². The van der Waals surface area contributed by atoms with Crippen LogP contribution in [0.15, 0.2) is 23.4 Å². The van der Waals surface area contributed by atoms with Crippen LogP contribution in [0.4, 0.5) is 0 Å². The molecule has 1 aliphatic carbocycles. The third-order valence-electron chi connectivity index (χ3n) is 3.21. The molecule has 1 saturated carbocycles. The van der Waals surface area contributed by atoms with Crippen LogP contribution < -0.4 is 11.1 Å². The van der Waals surface area contributed by atoms with Gasteiger partial charge in [-0.3, -0.25) is 4.79 Å². The van der Waals surface area contributed by atoms with Crippen molar-refractivity contribution in [2.45, 2.75) is 25.8 Å². The largest absolute Gasteiger partial charge is 0.507 e. The molecule has 1 aromatic carbocycles. The van der Waals surface area contributed by atoms with Crippen LogP contribution in [0.3, 0.4) is 0 Å². The summed E-state index contributed by atoms with van der Waals surface area (Å²) < 4.78 is 0. The van der Waals surface area contributed by atoms with Crippen LogP contribution in [-0.4, -0.2) is 28.1 Å². The first-order valence-electron chi connectivity index (χ1n) is 6.11. The van der Waals surface area contributed by atoms with Gasteiger partial charge in [0.05, 0.1) is 11.6 Å². The van der Waals surface area contributed by atoms with E-state index in [1.54, 1.807) is 12.1 Å². The van der Waals surface area contributed by atoms with E-state index in [2.05, 4.69) is 10.5 Å². The van der Waals surface area contributed by atoms with Crippen LogP contribution in [0, 0.1) is 12.8 Å². The van der Waals surface area contributed by atoms with E-state index < -0.39 is 11.9 Å². The summed E-state index contributed by atoms with van der Waals surface area (Å²) in [6, 6.07) is 4.30. The summed E-state index contributed by atoms with van der Waals surface area (Å²) in [5, 5.41) is 24.1. The molecule has 1 fully saturated rings. The highest BCUT2D eigenvalue weighted by Crippen LogP contribution is 2.33. The van der Waals surface area contributed by atoms with E-state index in [-0.39, 0.29) is 23.1 Å². The first-order valence-corrected chi connectivity index (χ1v) is 6.11. The second-order valence-electron chi connectivity index (χ2n) is 4.83. The molecule has 0 heterocycles. The molecular weight excluding hydrogens is 246 g/mol. The van der Waals surface area contributed by atoms with Gasteiger partial charge in [0.15, 0.2) is 5.84 Å². The van der Waals surface area contributed by atoms with Gasteiger partial charge in [0.2, 0.25) is 0 Å². The molecule has 1 amide bonds. The van der Waals surface area contributed by atoms with Crippen LogP contribution in [0.5, 0.6) is 5.75 Å². The van der Waals surface area contributed by atoms with Crippen molar-refractivity contribution in [2.75, 3.05) is 0 Å². The van der Waals surface area contributed by atoms with Crippen molar-refractivity contribution >= 4 is 11.7 Å². The maximum Gasteiger partial charge on any atom is 0.255 e. The molecule has 102 valence electrons. The van der Waals surface area contributed by atoms with Gasteiger partial charge >= 0.3 is 0 Å². The summed E-state index contributed by atoms with van der Waals surface area (Å²) in [4.78, 5) is 12.1. The normalized spacial score (nSPS) is 17.0. The highest BCUT2D eigenvalue weighted by atomic mass is 16.4. The molecule has 5 N–H and O–H groups in total. The van der Waals surface area contributed by atoms with E-state index >= 15 is 0 Å². The number of carbonyl (C=O) groups excluding carboxylic acids is 1. The molecule has 0 bridgehead atoms. The molecule has 0 radical (unpaired) electrons. The van der Waals surface area contributed by atoms with E-state index in [0.29, 0.717) is 0 Å². The number of nitrogens with two attached hydrogens (primary N) is 1. The Bertz CT molecular complexity index is 524. The van der Waals surface area contributed by atoms with Gasteiger partial charge in [0.25, 0.3) is 5.91 Å². The Hall–Kier alpha value is -2.24. The van der Waals surface area contributed by atoms with Crippen molar-refractivity contribution in [3.63, 3.8) is 0 Å². The SMILES string of the molecule is Cc1ccc(O)c(C(=O)NC(C(N)=NO)C2CC2)c1. The second kappa shape index (κ2) is 5.17. The van der Waals surface area contributed by atoms with E-state index in [4.69, 9.17) is 10.9 Å². The predicted octanol–water partition coefficient (Wildman–Crippen LogP) is 0.955. The predicted molar refractivity (Wildman–Crippen MR) is 70.2 cm³/mol. The van der Waals surface area contributed by atoms with Gasteiger partial charge in [-0.2, -0.15) is 0 Å². The molecule has 2 rings (SSSR count). The average molecular weight is 263 g/mol. The fourth-order valence-corrected chi connectivity index (χ4v) is 1.98. The van der Waals surface area contributed by atoms with Gasteiger partial charge in [-0.05, 0) is 37.8 Å². The average Bonchev–Trinajstić information content (AvgIpc) is 3.22. The standard InChI is InChI=1S/C13H17N3O3/c1-7-2-5-10(17)9(6-7)13(18)15-11(8-3-4-8)12(14)16-19/h2,5-6,8,11,17,19H,3-4H2,1H3,(H2,14,16)(H,15,18). The van der Waals surface area contributed by atoms with E-state index in [1.165, 1.54) is 6.07 Å². The van der Waals surface area contributed by atoms with Gasteiger partial charge in [0, 0.05) is 0 Å². The highest BCUT2D eigenvalue weighted by Gasteiger charge is 2.35. The summed E-state index contributed by atoms with van der Waals surface area (Å²) in [5.74, 6) is -0.323. The Balaban J connectivity index is 2.17. The number of nitrogens with zero attached hydrogens (tertiary/aromatic N) is 1. The fourth-order valence-electron chi connectivity index (χ4n) is 1.98. The lowest BCUT2D eigenvalue weighted by atomic mass is 10.1. The number of phenolic OH excluding ortho intramolecular Hbond substituents is 1. The fraction of sp³-hybridized carbons (Fsp3) is 0.385.